The molecule has 0 aliphatic carbocycles. The van der Waals surface area contributed by atoms with Gasteiger partial charge in [-0.25, -0.2) is 4.79 Å². The van der Waals surface area contributed by atoms with Crippen molar-refractivity contribution in [1.82, 2.24) is 4.90 Å². The van der Waals surface area contributed by atoms with E-state index in [9.17, 15) is 9.59 Å². The van der Waals surface area contributed by atoms with Crippen molar-refractivity contribution in [3.63, 3.8) is 0 Å². The average Bonchev–Trinajstić information content (AvgIpc) is 2.29. The third-order valence-corrected chi connectivity index (χ3v) is 2.66. The summed E-state index contributed by atoms with van der Waals surface area (Å²) in [6.45, 7) is 5.79. The van der Waals surface area contributed by atoms with Gasteiger partial charge in [0.05, 0.1) is 5.02 Å². The molecule has 0 fully saturated rings. The molecule has 0 aliphatic heterocycles. The highest BCUT2D eigenvalue weighted by atomic mass is 35.5. The molecule has 0 spiro atoms. The lowest BCUT2D eigenvalue weighted by molar-refractivity contribution is 0.0285. The zero-order valence-corrected chi connectivity index (χ0v) is 12.3. The van der Waals surface area contributed by atoms with Gasteiger partial charge in [-0.1, -0.05) is 17.7 Å². The predicted octanol–water partition coefficient (Wildman–Crippen LogP) is 3.52. The number of hydrogen-bond donors (Lipinski definition) is 0. The van der Waals surface area contributed by atoms with Gasteiger partial charge in [-0.05, 0) is 38.5 Å². The molecular weight excluding hydrogens is 266 g/mol. The Bertz CT molecular complexity index is 480. The molecule has 19 heavy (non-hydrogen) atoms. The summed E-state index contributed by atoms with van der Waals surface area (Å²) >= 11 is 5.85. The molecule has 0 aromatic heterocycles. The normalized spacial score (nSPS) is 11.0. The number of ether oxygens (including phenoxy) is 1. The Morgan fingerprint density at radius 2 is 2.05 bits per heavy atom. The van der Waals surface area contributed by atoms with Crippen LogP contribution >= 0.6 is 11.6 Å². The van der Waals surface area contributed by atoms with Crippen LogP contribution in [0.3, 0.4) is 0 Å². The molecule has 0 radical (unpaired) electrons. The summed E-state index contributed by atoms with van der Waals surface area (Å²) in [5, 5.41) is 0.402. The molecule has 1 aromatic rings. The van der Waals surface area contributed by atoms with Gasteiger partial charge in [0.2, 0.25) is 0 Å². The zero-order chi connectivity index (χ0) is 14.6. The van der Waals surface area contributed by atoms with Crippen LogP contribution < -0.4 is 0 Å². The fourth-order valence-corrected chi connectivity index (χ4v) is 1.62. The van der Waals surface area contributed by atoms with Gasteiger partial charge in [-0.2, -0.15) is 0 Å². The van der Waals surface area contributed by atoms with Crippen molar-refractivity contribution in [2.75, 3.05) is 7.05 Å². The van der Waals surface area contributed by atoms with Gasteiger partial charge in [0, 0.05) is 19.2 Å². The van der Waals surface area contributed by atoms with E-state index in [4.69, 9.17) is 16.3 Å². The first-order chi connectivity index (χ1) is 8.73. The molecule has 1 aromatic carbocycles. The van der Waals surface area contributed by atoms with Crippen LogP contribution in [0.5, 0.6) is 0 Å². The van der Waals surface area contributed by atoms with Crippen LogP contribution in [0.2, 0.25) is 5.02 Å². The van der Waals surface area contributed by atoms with Crippen LogP contribution in [0.25, 0.3) is 0 Å². The number of benzene rings is 1. The summed E-state index contributed by atoms with van der Waals surface area (Å²) in [7, 11) is 1.64. The van der Waals surface area contributed by atoms with Gasteiger partial charge in [0.15, 0.2) is 6.29 Å². The fraction of sp³-hybridized carbons (Fsp3) is 0.429. The van der Waals surface area contributed by atoms with Crippen molar-refractivity contribution < 1.29 is 14.3 Å². The summed E-state index contributed by atoms with van der Waals surface area (Å²) in [5.74, 6) is 0. The van der Waals surface area contributed by atoms with E-state index < -0.39 is 11.7 Å². The third kappa shape index (κ3) is 4.91. The molecule has 0 saturated heterocycles. The molecule has 104 valence electrons. The number of carbonyl (C=O) groups is 2. The van der Waals surface area contributed by atoms with Crippen molar-refractivity contribution in [3.05, 3.63) is 34.3 Å². The first-order valence-corrected chi connectivity index (χ1v) is 6.28. The molecule has 0 bridgehead atoms. The van der Waals surface area contributed by atoms with Crippen molar-refractivity contribution in [1.29, 1.82) is 0 Å². The Morgan fingerprint density at radius 3 is 2.58 bits per heavy atom. The topological polar surface area (TPSA) is 46.6 Å². The van der Waals surface area contributed by atoms with E-state index in [0.717, 1.165) is 5.56 Å². The molecule has 1 amide bonds. The van der Waals surface area contributed by atoms with E-state index in [0.29, 0.717) is 23.4 Å². The molecule has 1 rings (SSSR count). The van der Waals surface area contributed by atoms with Crippen molar-refractivity contribution in [3.8, 4) is 0 Å². The van der Waals surface area contributed by atoms with Gasteiger partial charge >= 0.3 is 6.09 Å². The van der Waals surface area contributed by atoms with E-state index in [-0.39, 0.29) is 0 Å². The fourth-order valence-electron chi connectivity index (χ4n) is 1.46. The van der Waals surface area contributed by atoms with Crippen LogP contribution in [-0.2, 0) is 11.3 Å². The minimum absolute atomic E-state index is 0.354. The molecule has 0 atom stereocenters. The van der Waals surface area contributed by atoms with E-state index in [1.807, 2.05) is 20.8 Å². The predicted molar refractivity (Wildman–Crippen MR) is 74.5 cm³/mol. The number of amides is 1. The number of rotatable bonds is 3. The summed E-state index contributed by atoms with van der Waals surface area (Å²) in [6.07, 6.45) is 0.286. The molecule has 0 saturated carbocycles. The number of nitrogens with zero attached hydrogens (tertiary/aromatic N) is 1. The molecule has 0 N–H and O–H groups in total. The van der Waals surface area contributed by atoms with Gasteiger partial charge < -0.3 is 9.64 Å². The van der Waals surface area contributed by atoms with Crippen LogP contribution in [0.1, 0.15) is 36.7 Å². The number of carbonyl (C=O) groups excluding carboxylic acids is 2. The summed E-state index contributed by atoms with van der Waals surface area (Å²) in [5.41, 5.74) is 0.705. The Labute approximate surface area is 118 Å². The number of halogens is 1. The highest BCUT2D eigenvalue weighted by Crippen LogP contribution is 2.17. The molecule has 5 heteroatoms. The van der Waals surface area contributed by atoms with Crippen molar-refractivity contribution in [2.45, 2.75) is 32.9 Å². The average molecular weight is 284 g/mol. The Balaban J connectivity index is 2.74. The number of hydrogen-bond acceptors (Lipinski definition) is 3. The first-order valence-electron chi connectivity index (χ1n) is 5.90. The van der Waals surface area contributed by atoms with Crippen LogP contribution in [0.4, 0.5) is 4.79 Å². The second-order valence-corrected chi connectivity index (χ2v) is 5.72. The summed E-state index contributed by atoms with van der Waals surface area (Å²) in [4.78, 5) is 24.0. The van der Waals surface area contributed by atoms with Gasteiger partial charge in [-0.3, -0.25) is 4.79 Å². The Morgan fingerprint density at radius 1 is 1.42 bits per heavy atom. The molecule has 0 unspecified atom stereocenters. The van der Waals surface area contributed by atoms with Crippen molar-refractivity contribution in [2.24, 2.45) is 0 Å². The third-order valence-electron chi connectivity index (χ3n) is 2.31. The van der Waals surface area contributed by atoms with E-state index in [2.05, 4.69) is 0 Å². The van der Waals surface area contributed by atoms with Crippen LogP contribution in [0.15, 0.2) is 18.2 Å². The lowest BCUT2D eigenvalue weighted by Crippen LogP contribution is -2.33. The number of aldehydes is 1. The van der Waals surface area contributed by atoms with Gasteiger partial charge in [0.1, 0.15) is 5.60 Å². The Kier molecular flexibility index (Phi) is 4.95. The second-order valence-electron chi connectivity index (χ2n) is 5.31. The maximum Gasteiger partial charge on any atom is 0.410 e. The molecule has 0 aliphatic rings. The highest BCUT2D eigenvalue weighted by Gasteiger charge is 2.19. The van der Waals surface area contributed by atoms with E-state index in [1.165, 1.54) is 4.90 Å². The maximum atomic E-state index is 11.8. The first kappa shape index (κ1) is 15.5. The van der Waals surface area contributed by atoms with E-state index in [1.54, 1.807) is 25.2 Å². The van der Waals surface area contributed by atoms with Crippen LogP contribution in [0, 0.1) is 0 Å². The van der Waals surface area contributed by atoms with Crippen LogP contribution in [-0.4, -0.2) is 29.9 Å². The largest absolute Gasteiger partial charge is 0.444 e. The second kappa shape index (κ2) is 6.06. The SMILES string of the molecule is CN(Cc1ccc(Cl)c(C=O)c1)C(=O)OC(C)(C)C. The molecular formula is C14H18ClNO3. The lowest BCUT2D eigenvalue weighted by atomic mass is 10.1. The Hall–Kier alpha value is -1.55. The minimum Gasteiger partial charge on any atom is -0.444 e. The minimum atomic E-state index is -0.528. The highest BCUT2D eigenvalue weighted by molar-refractivity contribution is 6.32. The van der Waals surface area contributed by atoms with Gasteiger partial charge in [-0.15, -0.1) is 0 Å². The smallest absolute Gasteiger partial charge is 0.410 e. The quantitative estimate of drug-likeness (QED) is 0.798. The summed E-state index contributed by atoms with van der Waals surface area (Å²) < 4.78 is 5.24. The maximum absolute atomic E-state index is 11.8. The molecule has 4 nitrogen and oxygen atoms in total. The van der Waals surface area contributed by atoms with Crippen molar-refractivity contribution >= 4 is 24.0 Å². The lowest BCUT2D eigenvalue weighted by Gasteiger charge is -2.24. The monoisotopic (exact) mass is 283 g/mol. The zero-order valence-electron chi connectivity index (χ0n) is 11.6. The molecule has 0 heterocycles. The standard InChI is InChI=1S/C14H18ClNO3/c1-14(2,3)19-13(18)16(4)8-10-5-6-12(15)11(7-10)9-17/h5-7,9H,8H2,1-4H3. The summed E-state index contributed by atoms with van der Waals surface area (Å²) in [6, 6.07) is 5.08. The van der Waals surface area contributed by atoms with E-state index >= 15 is 0 Å². The van der Waals surface area contributed by atoms with Gasteiger partial charge in [0.25, 0.3) is 0 Å².